The first kappa shape index (κ1) is 23.2. The third kappa shape index (κ3) is 5.57. The van der Waals surface area contributed by atoms with E-state index in [4.69, 9.17) is 9.73 Å². The van der Waals surface area contributed by atoms with E-state index in [0.717, 1.165) is 44.4 Å². The topological polar surface area (TPSA) is 26.5 Å². The van der Waals surface area contributed by atoms with E-state index in [9.17, 15) is 0 Å². The number of ether oxygens (including phenoxy) is 1. The number of benzene rings is 2. The van der Waals surface area contributed by atoms with Gasteiger partial charge in [0.1, 0.15) is 5.75 Å². The second kappa shape index (κ2) is 10.8. The smallest absolute Gasteiger partial charge is 0.119 e. The van der Waals surface area contributed by atoms with Crippen molar-refractivity contribution in [2.75, 3.05) is 7.11 Å². The fourth-order valence-electron chi connectivity index (χ4n) is 5.11. The van der Waals surface area contributed by atoms with E-state index in [1.807, 2.05) is 0 Å². The van der Waals surface area contributed by atoms with Gasteiger partial charge in [-0.2, -0.15) is 0 Å². The van der Waals surface area contributed by atoms with Crippen molar-refractivity contribution in [2.45, 2.75) is 51.6 Å². The number of hydrogen-bond acceptors (Lipinski definition) is 2. The van der Waals surface area contributed by atoms with Crippen LogP contribution in [0.15, 0.2) is 102 Å². The summed E-state index contributed by atoms with van der Waals surface area (Å²) in [5, 5.41) is 0. The zero-order chi connectivity index (χ0) is 24.0. The number of allylic oxidation sites excluding steroid dienone is 6. The predicted molar refractivity (Wildman–Crippen MR) is 146 cm³/mol. The summed E-state index contributed by atoms with van der Waals surface area (Å²) in [6.07, 6.45) is 16.1. The Morgan fingerprint density at radius 2 is 1.83 bits per heavy atom. The Bertz CT molecular complexity index is 1290. The van der Waals surface area contributed by atoms with E-state index in [1.165, 1.54) is 39.4 Å². The Morgan fingerprint density at radius 3 is 2.69 bits per heavy atom. The molecule has 3 nitrogen and oxygen atoms in total. The van der Waals surface area contributed by atoms with Gasteiger partial charge in [0.25, 0.3) is 0 Å². The third-order valence-electron chi connectivity index (χ3n) is 7.06. The summed E-state index contributed by atoms with van der Waals surface area (Å²) in [6.45, 7) is 3.09. The Kier molecular flexibility index (Phi) is 7.13. The zero-order valence-corrected chi connectivity index (χ0v) is 20.8. The molecule has 1 aliphatic heterocycles. The maximum Gasteiger partial charge on any atom is 0.119 e. The minimum Gasteiger partial charge on any atom is -0.497 e. The van der Waals surface area contributed by atoms with Gasteiger partial charge in [0, 0.05) is 35.6 Å². The van der Waals surface area contributed by atoms with Crippen LogP contribution >= 0.6 is 0 Å². The normalized spacial score (nSPS) is 18.7. The first-order chi connectivity index (χ1) is 17.2. The van der Waals surface area contributed by atoms with Crippen LogP contribution in [0, 0.1) is 6.92 Å². The van der Waals surface area contributed by atoms with Gasteiger partial charge in [0.15, 0.2) is 0 Å². The van der Waals surface area contributed by atoms with Crippen LogP contribution in [-0.4, -0.2) is 23.4 Å². The average molecular weight is 463 g/mol. The zero-order valence-electron chi connectivity index (χ0n) is 20.8. The van der Waals surface area contributed by atoms with E-state index in [-0.39, 0.29) is 6.04 Å². The van der Waals surface area contributed by atoms with Crippen molar-refractivity contribution < 1.29 is 4.74 Å². The molecule has 5 rings (SSSR count). The molecule has 0 saturated carbocycles. The van der Waals surface area contributed by atoms with Gasteiger partial charge >= 0.3 is 0 Å². The Hall–Kier alpha value is -3.59. The van der Waals surface area contributed by atoms with Gasteiger partial charge in [-0.15, -0.1) is 0 Å². The summed E-state index contributed by atoms with van der Waals surface area (Å²) in [5.74, 6) is 0.897. The molecule has 0 radical (unpaired) electrons. The standard InChI is InChI=1S/C32H34N2O/c1-24-15-20-32(34(24)23-29-14-8-12-26-11-6-7-13-28(21-26)33-29)31-22-30(35-2)19-18-27(31)17-16-25-9-4-3-5-10-25/h3-7,9-13,15,18-20,22,29H,8,14,16-17,21,23H2,1-2H3/b26-12-,33-28?. The van der Waals surface area contributed by atoms with Crippen molar-refractivity contribution in [3.05, 3.63) is 113 Å². The van der Waals surface area contributed by atoms with Gasteiger partial charge in [-0.1, -0.05) is 60.7 Å². The molecule has 178 valence electrons. The quantitative estimate of drug-likeness (QED) is 0.362. The van der Waals surface area contributed by atoms with Crippen LogP contribution in [0.1, 0.15) is 36.1 Å². The Morgan fingerprint density at radius 1 is 0.971 bits per heavy atom. The number of rotatable bonds is 7. The molecule has 2 aromatic carbocycles. The molecule has 1 aliphatic carbocycles. The molecule has 3 aromatic rings. The molecule has 35 heavy (non-hydrogen) atoms. The highest BCUT2D eigenvalue weighted by atomic mass is 16.5. The highest BCUT2D eigenvalue weighted by Gasteiger charge is 2.18. The molecule has 2 bridgehead atoms. The fourth-order valence-corrected chi connectivity index (χ4v) is 5.11. The molecular formula is C32H34N2O. The van der Waals surface area contributed by atoms with Crippen LogP contribution in [0.4, 0.5) is 0 Å². The van der Waals surface area contributed by atoms with Crippen LogP contribution in [0.5, 0.6) is 5.75 Å². The Balaban J connectivity index is 1.45. The number of aliphatic imine (C=N–C) groups is 1. The molecule has 0 fully saturated rings. The number of nitrogens with zero attached hydrogens (tertiary/aromatic N) is 2. The SMILES string of the molecule is COc1ccc(CCc2ccccc2)c(-c2ccc(C)n2CC2CC/C=C3/C=CC=CC(=N2)C3)c1. The van der Waals surface area contributed by atoms with Crippen molar-refractivity contribution >= 4 is 5.71 Å². The maximum absolute atomic E-state index is 5.63. The fraction of sp³-hybridized carbons (Fsp3) is 0.281. The van der Waals surface area contributed by atoms with E-state index in [0.29, 0.717) is 0 Å². The average Bonchev–Trinajstić information content (AvgIpc) is 3.07. The van der Waals surface area contributed by atoms with Crippen molar-refractivity contribution in [1.29, 1.82) is 0 Å². The van der Waals surface area contributed by atoms with E-state index in [2.05, 4.69) is 103 Å². The summed E-state index contributed by atoms with van der Waals surface area (Å²) < 4.78 is 8.09. The van der Waals surface area contributed by atoms with Crippen molar-refractivity contribution in [1.82, 2.24) is 4.57 Å². The van der Waals surface area contributed by atoms with Crippen LogP contribution in [0.2, 0.25) is 0 Å². The molecule has 1 atom stereocenters. The van der Waals surface area contributed by atoms with Gasteiger partial charge in [-0.05, 0) is 79.6 Å². The van der Waals surface area contributed by atoms with Crippen LogP contribution in [-0.2, 0) is 19.4 Å². The molecule has 0 saturated heterocycles. The van der Waals surface area contributed by atoms with Gasteiger partial charge < -0.3 is 9.30 Å². The van der Waals surface area contributed by atoms with Gasteiger partial charge in [0.2, 0.25) is 0 Å². The number of fused-ring (bicyclic) bond motifs is 2. The summed E-state index contributed by atoms with van der Waals surface area (Å²) in [5.41, 5.74) is 9.06. The molecule has 3 heteroatoms. The molecule has 2 aliphatic rings. The molecule has 2 heterocycles. The first-order valence-corrected chi connectivity index (χ1v) is 12.7. The molecule has 0 N–H and O–H groups in total. The van der Waals surface area contributed by atoms with E-state index in [1.54, 1.807) is 7.11 Å². The Labute approximate surface area is 209 Å². The summed E-state index contributed by atoms with van der Waals surface area (Å²) in [4.78, 5) is 5.20. The van der Waals surface area contributed by atoms with Crippen LogP contribution in [0.25, 0.3) is 11.3 Å². The predicted octanol–water partition coefficient (Wildman–Crippen LogP) is 7.30. The number of aryl methyl sites for hydroxylation is 3. The number of hydrogen-bond donors (Lipinski definition) is 0. The molecular weight excluding hydrogens is 428 g/mol. The lowest BCUT2D eigenvalue weighted by atomic mass is 9.97. The van der Waals surface area contributed by atoms with Crippen LogP contribution < -0.4 is 4.74 Å². The van der Waals surface area contributed by atoms with Crippen molar-refractivity contribution in [3.8, 4) is 17.0 Å². The summed E-state index contributed by atoms with van der Waals surface area (Å²) in [6, 6.07) is 22.0. The molecule has 0 spiro atoms. The van der Waals surface area contributed by atoms with Gasteiger partial charge in [-0.3, -0.25) is 4.99 Å². The van der Waals surface area contributed by atoms with E-state index < -0.39 is 0 Å². The number of methoxy groups -OCH3 is 1. The summed E-state index contributed by atoms with van der Waals surface area (Å²) >= 11 is 0. The summed E-state index contributed by atoms with van der Waals surface area (Å²) in [7, 11) is 1.74. The van der Waals surface area contributed by atoms with Crippen molar-refractivity contribution in [2.24, 2.45) is 4.99 Å². The van der Waals surface area contributed by atoms with E-state index >= 15 is 0 Å². The monoisotopic (exact) mass is 462 g/mol. The second-order valence-corrected chi connectivity index (χ2v) is 9.50. The molecule has 1 aromatic heterocycles. The minimum atomic E-state index is 0.258. The van der Waals surface area contributed by atoms with Gasteiger partial charge in [-0.25, -0.2) is 0 Å². The third-order valence-corrected chi connectivity index (χ3v) is 7.06. The lowest BCUT2D eigenvalue weighted by Gasteiger charge is -2.21. The number of aromatic nitrogens is 1. The largest absolute Gasteiger partial charge is 0.497 e. The highest BCUT2D eigenvalue weighted by molar-refractivity contribution is 5.97. The second-order valence-electron chi connectivity index (χ2n) is 9.50. The van der Waals surface area contributed by atoms with Crippen LogP contribution in [0.3, 0.4) is 0 Å². The maximum atomic E-state index is 5.63. The first-order valence-electron chi connectivity index (χ1n) is 12.7. The lowest BCUT2D eigenvalue weighted by molar-refractivity contribution is 0.415. The lowest BCUT2D eigenvalue weighted by Crippen LogP contribution is -2.19. The van der Waals surface area contributed by atoms with Crippen molar-refractivity contribution in [3.63, 3.8) is 0 Å². The highest BCUT2D eigenvalue weighted by Crippen LogP contribution is 2.32. The molecule has 1 unspecified atom stereocenters. The molecule has 0 amide bonds. The van der Waals surface area contributed by atoms with Gasteiger partial charge in [0.05, 0.1) is 13.2 Å². The minimum absolute atomic E-state index is 0.258.